The van der Waals surface area contributed by atoms with Gasteiger partial charge in [-0.15, -0.1) is 11.3 Å². The maximum atomic E-state index is 15.3. The number of benzene rings is 16. The van der Waals surface area contributed by atoms with Gasteiger partial charge in [0.05, 0.1) is 10.8 Å². The maximum Gasteiger partial charge on any atom is 0.123 e. The van der Waals surface area contributed by atoms with Gasteiger partial charge >= 0.3 is 0 Å². The second-order valence-electron chi connectivity index (χ2n) is 28.1. The molecule has 17 aromatic rings. The zero-order valence-corrected chi connectivity index (χ0v) is 59.8. The largest absolute Gasteiger partial charge is 0.310 e. The molecule has 0 fully saturated rings. The fourth-order valence-electron chi connectivity index (χ4n) is 17.1. The van der Waals surface area contributed by atoms with Crippen molar-refractivity contribution in [3.05, 3.63) is 456 Å². The second-order valence-corrected chi connectivity index (χ2v) is 29.2. The molecular formula is C102H66F4N2S. The Balaban J connectivity index is 0.775. The summed E-state index contributed by atoms with van der Waals surface area (Å²) in [5.74, 6) is -1.16. The first-order valence-corrected chi connectivity index (χ1v) is 37.3. The van der Waals surface area contributed by atoms with E-state index in [1.54, 1.807) is 35.6 Å². The Morgan fingerprint density at radius 2 is 0.523 bits per heavy atom. The van der Waals surface area contributed by atoms with E-state index in [1.807, 2.05) is 72.8 Å². The van der Waals surface area contributed by atoms with Crippen molar-refractivity contribution in [3.8, 4) is 66.8 Å². The van der Waals surface area contributed by atoms with Crippen molar-refractivity contribution in [2.45, 2.75) is 10.8 Å². The molecule has 7 heteroatoms. The van der Waals surface area contributed by atoms with Crippen molar-refractivity contribution in [3.63, 3.8) is 0 Å². The van der Waals surface area contributed by atoms with E-state index in [4.69, 9.17) is 0 Å². The molecule has 109 heavy (non-hydrogen) atoms. The molecule has 2 aliphatic rings. The van der Waals surface area contributed by atoms with Crippen LogP contribution in [0.25, 0.3) is 99.1 Å². The highest BCUT2D eigenvalue weighted by Crippen LogP contribution is 2.60. The van der Waals surface area contributed by atoms with Crippen molar-refractivity contribution >= 4 is 77.8 Å². The standard InChI is InChI=1S/C102H66F4N2S/c1-3-65-19-31-75(32-20-65)101(77-35-43-81(105)44-36-77)95-17-7-5-15-89(95)91-55-51-85(61-97(91)101)107(83-47-27-69(28-48-83)73-13-9-11-71(59-73)67-23-39-79(103)40-24-67)87-53-57-93-94-58-54-88(64-100(94)109-99(93)63-87)108(84-49-29-70(30-50-84)74-14-10-12-72(60-74)68-25-41-80(104)42-26-68)86-52-56-92-90-16-6-8-18-96(90)102(98(92)62-86,78-37-45-82(106)46-38-78)76-33-21-66(4-2)22-34-76/h3-64H,1-2H2. The van der Waals surface area contributed by atoms with Gasteiger partial charge in [0, 0.05) is 54.3 Å². The Kier molecular flexibility index (Phi) is 16.3. The molecule has 0 spiro atoms. The molecule has 16 aromatic carbocycles. The summed E-state index contributed by atoms with van der Waals surface area (Å²) in [4.78, 5) is 4.70. The predicted octanol–water partition coefficient (Wildman–Crippen LogP) is 28.2. The van der Waals surface area contributed by atoms with E-state index in [-0.39, 0.29) is 23.3 Å². The van der Waals surface area contributed by atoms with Crippen LogP contribution in [0.2, 0.25) is 0 Å². The minimum absolute atomic E-state index is 0.276. The van der Waals surface area contributed by atoms with Gasteiger partial charge in [0.15, 0.2) is 0 Å². The van der Waals surface area contributed by atoms with Crippen molar-refractivity contribution in [1.82, 2.24) is 0 Å². The summed E-state index contributed by atoms with van der Waals surface area (Å²) < 4.78 is 61.0. The number of rotatable bonds is 16. The molecule has 2 nitrogen and oxygen atoms in total. The number of hydrogen-bond acceptors (Lipinski definition) is 3. The Hall–Kier alpha value is -13.5. The monoisotopic (exact) mass is 1430 g/mol. The van der Waals surface area contributed by atoms with Crippen LogP contribution >= 0.6 is 11.3 Å². The fourth-order valence-corrected chi connectivity index (χ4v) is 18.3. The first-order chi connectivity index (χ1) is 53.5. The predicted molar refractivity (Wildman–Crippen MR) is 445 cm³/mol. The van der Waals surface area contributed by atoms with Gasteiger partial charge in [-0.1, -0.05) is 256 Å². The molecule has 2 aliphatic carbocycles. The van der Waals surface area contributed by atoms with Crippen LogP contribution in [0.15, 0.2) is 377 Å². The molecule has 0 saturated carbocycles. The molecular weight excluding hydrogens is 1360 g/mol. The summed E-state index contributed by atoms with van der Waals surface area (Å²) in [6.07, 6.45) is 3.72. The molecule has 518 valence electrons. The zero-order valence-electron chi connectivity index (χ0n) is 59.0. The van der Waals surface area contributed by atoms with Gasteiger partial charge in [-0.3, -0.25) is 0 Å². The Morgan fingerprint density at radius 1 is 0.239 bits per heavy atom. The Morgan fingerprint density at radius 3 is 0.872 bits per heavy atom. The summed E-state index contributed by atoms with van der Waals surface area (Å²) in [5, 5.41) is 2.24. The van der Waals surface area contributed by atoms with E-state index in [2.05, 4.69) is 278 Å². The molecule has 0 radical (unpaired) electrons. The number of hydrogen-bond donors (Lipinski definition) is 0. The third-order valence-electron chi connectivity index (χ3n) is 22.2. The lowest BCUT2D eigenvalue weighted by Crippen LogP contribution is -2.29. The second kappa shape index (κ2) is 26.8. The third-order valence-corrected chi connectivity index (χ3v) is 23.4. The molecule has 1 heterocycles. The molecule has 19 rings (SSSR count). The average Bonchev–Trinajstić information content (AvgIpc) is 1.55. The number of nitrogens with zero attached hydrogens (tertiary/aromatic N) is 2. The Bertz CT molecular complexity index is 6020. The van der Waals surface area contributed by atoms with Gasteiger partial charge in [-0.2, -0.15) is 0 Å². The van der Waals surface area contributed by atoms with Crippen LogP contribution in [0.1, 0.15) is 55.6 Å². The van der Waals surface area contributed by atoms with Crippen LogP contribution in [0.4, 0.5) is 51.7 Å². The van der Waals surface area contributed by atoms with Crippen LogP contribution in [0.3, 0.4) is 0 Å². The summed E-state index contributed by atoms with van der Waals surface area (Å²) in [5.41, 5.74) is 26.7. The third kappa shape index (κ3) is 11.2. The first kappa shape index (κ1) is 66.2. The smallest absolute Gasteiger partial charge is 0.123 e. The quantitative estimate of drug-likeness (QED) is 0.0890. The summed E-state index contributed by atoms with van der Waals surface area (Å²) in [6, 6.07) is 123. The minimum atomic E-state index is -0.837. The molecule has 0 saturated heterocycles. The van der Waals surface area contributed by atoms with Crippen molar-refractivity contribution in [2.24, 2.45) is 0 Å². The number of fused-ring (bicyclic) bond motifs is 9. The van der Waals surface area contributed by atoms with Crippen molar-refractivity contribution in [2.75, 3.05) is 9.80 Å². The lowest BCUT2D eigenvalue weighted by atomic mass is 9.67. The van der Waals surface area contributed by atoms with Gasteiger partial charge in [-0.25, -0.2) is 17.6 Å². The normalized spacial score (nSPS) is 14.6. The van der Waals surface area contributed by atoms with E-state index >= 15 is 8.78 Å². The van der Waals surface area contributed by atoms with Gasteiger partial charge in [0.2, 0.25) is 0 Å². The Labute approximate surface area is 634 Å². The summed E-state index contributed by atoms with van der Waals surface area (Å²) >= 11 is 1.76. The number of anilines is 6. The van der Waals surface area contributed by atoms with Crippen molar-refractivity contribution < 1.29 is 17.6 Å². The molecule has 0 aliphatic heterocycles. The molecule has 2 unspecified atom stereocenters. The highest BCUT2D eigenvalue weighted by atomic mass is 32.1. The SMILES string of the molecule is C=Cc1ccc(C2(c3ccc(F)cc3)c3ccccc3-c3ccc(N(c4ccc(-c5cccc(-c6ccc(F)cc6)c5)cc4)c4ccc5c(c4)sc4cc(N(c6ccc(-c7cccc(-c8ccc(F)cc8)c7)cc6)c6ccc7c(c6)C(c6ccc(F)cc6)(c6ccc(C=C)cc6)c6ccccc6-7)ccc45)cc32)cc1. The van der Waals surface area contributed by atoms with Crippen molar-refractivity contribution in [1.29, 1.82) is 0 Å². The minimum Gasteiger partial charge on any atom is -0.310 e. The van der Waals surface area contributed by atoms with Crippen LogP contribution in [0.5, 0.6) is 0 Å². The highest BCUT2D eigenvalue weighted by Gasteiger charge is 2.48. The average molecular weight is 1430 g/mol. The summed E-state index contributed by atoms with van der Waals surface area (Å²) in [6.45, 7) is 8.19. The van der Waals surface area contributed by atoms with E-state index < -0.39 is 10.8 Å². The van der Waals surface area contributed by atoms with E-state index in [0.717, 1.165) is 177 Å². The lowest BCUT2D eigenvalue weighted by molar-refractivity contribution is 0.624. The van der Waals surface area contributed by atoms with E-state index in [1.165, 1.54) is 24.3 Å². The molecule has 0 amide bonds. The van der Waals surface area contributed by atoms with Gasteiger partial charge in [-0.05, 0) is 256 Å². The fraction of sp³-hybridized carbons (Fsp3) is 0.0196. The van der Waals surface area contributed by atoms with Gasteiger partial charge in [0.25, 0.3) is 0 Å². The lowest BCUT2D eigenvalue weighted by Gasteiger charge is -2.35. The van der Waals surface area contributed by atoms with Crippen LogP contribution in [-0.4, -0.2) is 0 Å². The van der Waals surface area contributed by atoms with Crippen LogP contribution < -0.4 is 9.80 Å². The number of halogens is 4. The van der Waals surface area contributed by atoms with E-state index in [9.17, 15) is 8.78 Å². The highest BCUT2D eigenvalue weighted by molar-refractivity contribution is 7.25. The molecule has 0 bridgehead atoms. The van der Waals surface area contributed by atoms with E-state index in [0.29, 0.717) is 0 Å². The van der Waals surface area contributed by atoms with Crippen LogP contribution in [-0.2, 0) is 10.8 Å². The van der Waals surface area contributed by atoms with Gasteiger partial charge in [0.1, 0.15) is 23.3 Å². The van der Waals surface area contributed by atoms with Gasteiger partial charge < -0.3 is 9.80 Å². The zero-order chi connectivity index (χ0) is 73.5. The molecule has 2 atom stereocenters. The molecule has 1 aromatic heterocycles. The first-order valence-electron chi connectivity index (χ1n) is 36.5. The number of thiophene rings is 1. The maximum absolute atomic E-state index is 15.3. The van der Waals surface area contributed by atoms with Crippen LogP contribution in [0, 0.1) is 23.3 Å². The topological polar surface area (TPSA) is 6.48 Å². The summed E-state index contributed by atoms with van der Waals surface area (Å²) in [7, 11) is 0. The molecule has 0 N–H and O–H groups in total.